The van der Waals surface area contributed by atoms with Crippen molar-refractivity contribution in [2.24, 2.45) is 0 Å². The van der Waals surface area contributed by atoms with Crippen LogP contribution in [-0.4, -0.2) is 21.4 Å². The van der Waals surface area contributed by atoms with Crippen LogP contribution < -0.4 is 0 Å². The summed E-state index contributed by atoms with van der Waals surface area (Å²) in [6, 6.07) is 7.97. The average molecular weight is 285 g/mol. The molecule has 3 atom stereocenters. The van der Waals surface area contributed by atoms with Gasteiger partial charge in [-0.25, -0.2) is 0 Å². The summed E-state index contributed by atoms with van der Waals surface area (Å²) in [7, 11) is 0. The van der Waals surface area contributed by atoms with Gasteiger partial charge in [0, 0.05) is 11.3 Å². The van der Waals surface area contributed by atoms with Crippen molar-refractivity contribution in [1.82, 2.24) is 10.2 Å². The molecule has 3 nitrogen and oxygen atoms in total. The number of halogens is 1. The summed E-state index contributed by atoms with van der Waals surface area (Å²) >= 11 is 6.40. The number of rotatable bonds is 0. The molecule has 20 heavy (non-hydrogen) atoms. The molecule has 0 saturated heterocycles. The lowest BCUT2D eigenvalue weighted by Gasteiger charge is -2.35. The Morgan fingerprint density at radius 2 is 2.05 bits per heavy atom. The monoisotopic (exact) mass is 284 g/mol. The molecule has 2 aliphatic carbocycles. The van der Waals surface area contributed by atoms with E-state index in [4.69, 9.17) is 11.6 Å². The third-order valence-corrected chi connectivity index (χ3v) is 4.61. The summed E-state index contributed by atoms with van der Waals surface area (Å²) in [6.45, 7) is 0. The number of benzene rings is 1. The van der Waals surface area contributed by atoms with Gasteiger partial charge in [-0.1, -0.05) is 36.4 Å². The molecule has 0 amide bonds. The van der Waals surface area contributed by atoms with Gasteiger partial charge in [0.25, 0.3) is 0 Å². The first-order valence-corrected chi connectivity index (χ1v) is 7.15. The van der Waals surface area contributed by atoms with Gasteiger partial charge in [-0.15, -0.1) is 11.6 Å². The van der Waals surface area contributed by atoms with Crippen LogP contribution in [0.1, 0.15) is 29.0 Å². The molecule has 0 fully saturated rings. The first-order valence-electron chi connectivity index (χ1n) is 6.71. The minimum Gasteiger partial charge on any atom is -0.387 e. The topological polar surface area (TPSA) is 46.0 Å². The van der Waals surface area contributed by atoms with Crippen molar-refractivity contribution < 1.29 is 5.11 Å². The van der Waals surface area contributed by atoms with Crippen molar-refractivity contribution in [3.05, 3.63) is 59.3 Å². The van der Waals surface area contributed by atoms with Gasteiger partial charge in [-0.2, -0.15) is 10.2 Å². The number of hydrogen-bond donors (Lipinski definition) is 1. The largest absolute Gasteiger partial charge is 0.387 e. The molecule has 0 aliphatic heterocycles. The minimum atomic E-state index is -0.686. The van der Waals surface area contributed by atoms with Crippen molar-refractivity contribution >= 4 is 22.5 Å². The van der Waals surface area contributed by atoms with Gasteiger partial charge >= 0.3 is 0 Å². The van der Waals surface area contributed by atoms with E-state index in [1.807, 2.05) is 30.4 Å². The first-order chi connectivity index (χ1) is 9.77. The zero-order valence-corrected chi connectivity index (χ0v) is 11.5. The van der Waals surface area contributed by atoms with Crippen LogP contribution in [0, 0.1) is 0 Å². The number of nitrogens with zero attached hydrogens (tertiary/aromatic N) is 2. The van der Waals surface area contributed by atoms with E-state index in [0.717, 1.165) is 34.2 Å². The second-order valence-electron chi connectivity index (χ2n) is 5.25. The Morgan fingerprint density at radius 1 is 1.20 bits per heavy atom. The standard InChI is InChI=1S/C16H13ClN2O/c17-14-15-13(9-5-1-2-6-10(9)16(14)20)11-7-3-4-8-12(11)18-19-15/h1-4,6-9,14,16,20H,5H2. The molecular weight excluding hydrogens is 272 g/mol. The van der Waals surface area contributed by atoms with E-state index in [-0.39, 0.29) is 5.92 Å². The molecule has 0 saturated carbocycles. The third-order valence-electron chi connectivity index (χ3n) is 4.16. The van der Waals surface area contributed by atoms with Crippen LogP contribution >= 0.6 is 11.6 Å². The van der Waals surface area contributed by atoms with Crippen LogP contribution in [0.5, 0.6) is 0 Å². The van der Waals surface area contributed by atoms with Crippen LogP contribution in [0.3, 0.4) is 0 Å². The number of aliphatic hydroxyl groups is 1. The molecule has 1 aromatic heterocycles. The van der Waals surface area contributed by atoms with Gasteiger partial charge < -0.3 is 5.11 Å². The van der Waals surface area contributed by atoms with Gasteiger partial charge in [0.2, 0.25) is 0 Å². The quantitative estimate of drug-likeness (QED) is 0.755. The fraction of sp³-hybridized carbons (Fsp3) is 0.250. The highest BCUT2D eigenvalue weighted by atomic mass is 35.5. The Balaban J connectivity index is 2.06. The van der Waals surface area contributed by atoms with Crippen molar-refractivity contribution in [2.45, 2.75) is 23.8 Å². The number of alkyl halides is 1. The number of aromatic nitrogens is 2. The van der Waals surface area contributed by atoms with E-state index in [0.29, 0.717) is 0 Å². The molecule has 100 valence electrons. The summed E-state index contributed by atoms with van der Waals surface area (Å²) in [5.74, 6) is 0.153. The second kappa shape index (κ2) is 4.40. The molecule has 0 bridgehead atoms. The van der Waals surface area contributed by atoms with Gasteiger partial charge in [-0.3, -0.25) is 0 Å². The highest BCUT2D eigenvalue weighted by molar-refractivity contribution is 6.21. The lowest BCUT2D eigenvalue weighted by molar-refractivity contribution is 0.189. The molecule has 1 N–H and O–H groups in total. The summed E-state index contributed by atoms with van der Waals surface area (Å²) in [5, 5.41) is 19.5. The Hall–Kier alpha value is -1.71. The Kier molecular flexibility index (Phi) is 2.65. The molecule has 2 aromatic rings. The van der Waals surface area contributed by atoms with Crippen LogP contribution in [0.15, 0.2) is 48.1 Å². The molecule has 4 heteroatoms. The van der Waals surface area contributed by atoms with Crippen molar-refractivity contribution in [1.29, 1.82) is 0 Å². The molecule has 4 rings (SSSR count). The zero-order chi connectivity index (χ0) is 13.7. The van der Waals surface area contributed by atoms with E-state index in [1.165, 1.54) is 0 Å². The Bertz CT molecular complexity index is 753. The fourth-order valence-corrected chi connectivity index (χ4v) is 3.52. The highest BCUT2D eigenvalue weighted by Gasteiger charge is 2.39. The average Bonchev–Trinajstić information content (AvgIpc) is 2.51. The van der Waals surface area contributed by atoms with Crippen LogP contribution in [0.4, 0.5) is 0 Å². The molecule has 2 aliphatic rings. The van der Waals surface area contributed by atoms with E-state index in [2.05, 4.69) is 22.3 Å². The predicted molar refractivity (Wildman–Crippen MR) is 78.7 cm³/mol. The zero-order valence-electron chi connectivity index (χ0n) is 10.7. The third kappa shape index (κ3) is 1.57. The molecule has 3 unspecified atom stereocenters. The van der Waals surface area contributed by atoms with Crippen molar-refractivity contribution in [2.75, 3.05) is 0 Å². The number of fused-ring (bicyclic) bond motifs is 5. The maximum atomic E-state index is 10.4. The van der Waals surface area contributed by atoms with Crippen molar-refractivity contribution in [3.63, 3.8) is 0 Å². The van der Waals surface area contributed by atoms with E-state index < -0.39 is 11.5 Å². The molecule has 1 heterocycles. The normalized spacial score (nSPS) is 27.9. The molecule has 0 spiro atoms. The van der Waals surface area contributed by atoms with Crippen LogP contribution in [0.25, 0.3) is 10.9 Å². The summed E-state index contributed by atoms with van der Waals surface area (Å²) in [6.07, 6.45) is 6.27. The first kappa shape index (κ1) is 12.1. The van der Waals surface area contributed by atoms with E-state index >= 15 is 0 Å². The van der Waals surface area contributed by atoms with Crippen molar-refractivity contribution in [3.8, 4) is 0 Å². The number of hydrogen-bond acceptors (Lipinski definition) is 3. The Morgan fingerprint density at radius 3 is 2.95 bits per heavy atom. The number of aliphatic hydroxyl groups excluding tert-OH is 1. The predicted octanol–water partition coefficient (Wildman–Crippen LogP) is 3.25. The summed E-state index contributed by atoms with van der Waals surface area (Å²) in [4.78, 5) is 0. The lowest BCUT2D eigenvalue weighted by atomic mass is 9.74. The summed E-state index contributed by atoms with van der Waals surface area (Å²) in [5.41, 5.74) is 3.70. The van der Waals surface area contributed by atoms with Gasteiger partial charge in [0.15, 0.2) is 0 Å². The second-order valence-corrected chi connectivity index (χ2v) is 5.72. The smallest absolute Gasteiger partial charge is 0.108 e. The lowest BCUT2D eigenvalue weighted by Crippen LogP contribution is -2.30. The fourth-order valence-electron chi connectivity index (χ4n) is 3.21. The molecule has 0 radical (unpaired) electrons. The van der Waals surface area contributed by atoms with Gasteiger partial charge in [0.1, 0.15) is 5.38 Å². The van der Waals surface area contributed by atoms with Gasteiger partial charge in [-0.05, 0) is 23.6 Å². The molecular formula is C16H13ClN2O. The number of allylic oxidation sites excluding steroid dienone is 3. The molecule has 1 aromatic carbocycles. The summed E-state index contributed by atoms with van der Waals surface area (Å²) < 4.78 is 0. The highest BCUT2D eigenvalue weighted by Crippen LogP contribution is 2.48. The maximum absolute atomic E-state index is 10.4. The van der Waals surface area contributed by atoms with Gasteiger partial charge in [0.05, 0.1) is 17.3 Å². The van der Waals surface area contributed by atoms with E-state index in [9.17, 15) is 5.11 Å². The van der Waals surface area contributed by atoms with Crippen LogP contribution in [0.2, 0.25) is 0 Å². The SMILES string of the molecule is OC1C2=CC=CCC2c2c(nnc3ccccc23)C1Cl. The van der Waals surface area contributed by atoms with E-state index in [1.54, 1.807) is 0 Å². The maximum Gasteiger partial charge on any atom is 0.108 e. The Labute approximate surface area is 121 Å². The van der Waals surface area contributed by atoms with Crippen LogP contribution in [-0.2, 0) is 0 Å². The minimum absolute atomic E-state index is 0.153.